The Bertz CT molecular complexity index is 1470. The van der Waals surface area contributed by atoms with Gasteiger partial charge in [-0.25, -0.2) is 0 Å². The molecule has 3 fully saturated rings. The smallest absolute Gasteiger partial charge is 0.221 e. The molecule has 1 N–H and O–H groups in total. The summed E-state index contributed by atoms with van der Waals surface area (Å²) in [5, 5.41) is 13.7. The van der Waals surface area contributed by atoms with Crippen LogP contribution in [0.15, 0.2) is 42.5 Å². The first-order valence-corrected chi connectivity index (χ1v) is 33.0. The zero-order valence-corrected chi connectivity index (χ0v) is 38.1. The molecule has 6 atom stereocenters. The Kier molecular flexibility index (Phi) is 12.6. The Morgan fingerprint density at radius 2 is 1.35 bits per heavy atom. The molecule has 286 valence electrons. The summed E-state index contributed by atoms with van der Waals surface area (Å²) in [6.45, 7) is 27.0. The molecule has 1 spiro atoms. The lowest BCUT2D eigenvalue weighted by Gasteiger charge is -2.54. The normalized spacial score (nSPS) is 28.9. The maximum absolute atomic E-state index is 13.0. The van der Waals surface area contributed by atoms with Gasteiger partial charge in [-0.1, -0.05) is 54.8 Å². The molecule has 0 aromatic heterocycles. The summed E-state index contributed by atoms with van der Waals surface area (Å²) >= 11 is 6.90. The van der Waals surface area contributed by atoms with E-state index >= 15 is 0 Å². The van der Waals surface area contributed by atoms with E-state index < -0.39 is 63.5 Å². The summed E-state index contributed by atoms with van der Waals surface area (Å²) in [4.78, 5) is 0. The second-order valence-electron chi connectivity index (χ2n) is 19.1. The predicted molar refractivity (Wildman–Crippen MR) is 218 cm³/mol. The van der Waals surface area contributed by atoms with E-state index in [0.717, 1.165) is 24.2 Å². The molecule has 0 radical (unpaired) electrons. The molecular formula is C39H65ClO7Si4. The molecule has 2 aliphatic heterocycles. The number of hydrogen-bond acceptors (Lipinski definition) is 7. The Hall–Kier alpha value is -0.682. The fourth-order valence-corrected chi connectivity index (χ4v) is 11.8. The van der Waals surface area contributed by atoms with Gasteiger partial charge in [0.15, 0.2) is 33.3 Å². The molecule has 2 unspecified atom stereocenters. The van der Waals surface area contributed by atoms with Gasteiger partial charge in [0.25, 0.3) is 0 Å². The highest BCUT2D eigenvalue weighted by molar-refractivity contribution is 6.71. The molecule has 2 saturated heterocycles. The van der Waals surface area contributed by atoms with E-state index in [4.69, 9.17) is 38.8 Å². The summed E-state index contributed by atoms with van der Waals surface area (Å²) in [6, 6.07) is 14.7. The van der Waals surface area contributed by atoms with Gasteiger partial charge in [0, 0.05) is 16.5 Å². The number of hydrogen-bond donors (Lipinski definition) is 1. The van der Waals surface area contributed by atoms with Crippen molar-refractivity contribution in [3.05, 3.63) is 69.7 Å². The molecule has 0 bridgehead atoms. The number of ether oxygens (including phenoxy) is 2. The van der Waals surface area contributed by atoms with Crippen LogP contribution in [0.2, 0.25) is 83.6 Å². The number of benzene rings is 2. The Balaban J connectivity index is 1.50. The van der Waals surface area contributed by atoms with Gasteiger partial charge < -0.3 is 32.3 Å². The van der Waals surface area contributed by atoms with Crippen molar-refractivity contribution in [3.63, 3.8) is 0 Å². The molecule has 3 aliphatic rings. The van der Waals surface area contributed by atoms with Gasteiger partial charge in [-0.2, -0.15) is 0 Å². The van der Waals surface area contributed by atoms with Crippen LogP contribution in [0, 0.1) is 0 Å². The molecule has 2 aromatic carbocycles. The number of aliphatic hydroxyl groups is 1. The lowest BCUT2D eigenvalue weighted by molar-refractivity contribution is -0.348. The summed E-state index contributed by atoms with van der Waals surface area (Å²) in [5.41, 5.74) is 4.12. The lowest BCUT2D eigenvalue weighted by atomic mass is 9.86. The second-order valence-corrected chi connectivity index (χ2v) is 37.4. The van der Waals surface area contributed by atoms with E-state index in [0.29, 0.717) is 29.5 Å². The van der Waals surface area contributed by atoms with Crippen LogP contribution in [0.4, 0.5) is 0 Å². The van der Waals surface area contributed by atoms with Gasteiger partial charge in [0.1, 0.15) is 24.4 Å². The van der Waals surface area contributed by atoms with Gasteiger partial charge in [-0.05, 0) is 133 Å². The highest BCUT2D eigenvalue weighted by Crippen LogP contribution is 2.47. The van der Waals surface area contributed by atoms with E-state index in [-0.39, 0.29) is 5.60 Å². The van der Waals surface area contributed by atoms with Crippen molar-refractivity contribution in [2.24, 2.45) is 0 Å². The largest absolute Gasteiger partial charge is 0.415 e. The predicted octanol–water partition coefficient (Wildman–Crippen LogP) is 9.80. The van der Waals surface area contributed by atoms with Gasteiger partial charge >= 0.3 is 0 Å². The molecule has 51 heavy (non-hydrogen) atoms. The first-order chi connectivity index (χ1) is 23.4. The van der Waals surface area contributed by atoms with Crippen LogP contribution in [0.3, 0.4) is 0 Å². The van der Waals surface area contributed by atoms with Crippen molar-refractivity contribution in [1.82, 2.24) is 0 Å². The van der Waals surface area contributed by atoms with Crippen LogP contribution in [-0.2, 0) is 39.4 Å². The van der Waals surface area contributed by atoms with Gasteiger partial charge in [0.2, 0.25) is 5.79 Å². The zero-order valence-electron chi connectivity index (χ0n) is 33.4. The van der Waals surface area contributed by atoms with Crippen molar-refractivity contribution >= 4 is 44.9 Å². The van der Waals surface area contributed by atoms with Crippen LogP contribution >= 0.6 is 11.6 Å². The summed E-state index contributed by atoms with van der Waals surface area (Å²) < 4.78 is 40.6. The first kappa shape index (κ1) is 41.5. The third-order valence-corrected chi connectivity index (χ3v) is 14.2. The third-order valence-electron chi connectivity index (χ3n) is 9.87. The van der Waals surface area contributed by atoms with Crippen molar-refractivity contribution in [1.29, 1.82) is 0 Å². The van der Waals surface area contributed by atoms with E-state index in [2.05, 4.69) is 103 Å². The van der Waals surface area contributed by atoms with Crippen molar-refractivity contribution in [2.75, 3.05) is 13.2 Å². The minimum absolute atomic E-state index is 0.107. The lowest BCUT2D eigenvalue weighted by Crippen LogP contribution is -2.69. The van der Waals surface area contributed by atoms with E-state index in [9.17, 15) is 5.11 Å². The van der Waals surface area contributed by atoms with Crippen molar-refractivity contribution < 1.29 is 32.3 Å². The van der Waals surface area contributed by atoms with Gasteiger partial charge in [0.05, 0.1) is 18.8 Å². The molecule has 2 aromatic rings. The average Bonchev–Trinajstić information content (AvgIpc) is 3.64. The maximum atomic E-state index is 13.0. The summed E-state index contributed by atoms with van der Waals surface area (Å²) in [6.07, 6.45) is 4.24. The molecule has 1 saturated carbocycles. The van der Waals surface area contributed by atoms with E-state index in [1.165, 1.54) is 31.2 Å². The second kappa shape index (κ2) is 15.5. The standard InChI is InChI=1S/C39H65ClO7Si4/c1-48(2,3)43-27-34-35(45-49(4,5)6)36(46-50(7,8)9)37(47-51(10,11)12)39(41,44-34)32-19-20-33(40)30(24-32)23-28-15-17-29(18-16-28)31-25-38(42-26-31)21-13-14-22-38/h15-20,24,31,34-37,41H,13-14,21-23,25-27H2,1-12H3/t31?,34-,35-,36+,37-,39?/m1/s1. The third kappa shape index (κ3) is 11.0. The summed E-state index contributed by atoms with van der Waals surface area (Å²) in [7, 11) is -8.51. The van der Waals surface area contributed by atoms with E-state index in [1.807, 2.05) is 18.2 Å². The Labute approximate surface area is 317 Å². The molecular weight excluding hydrogens is 728 g/mol. The van der Waals surface area contributed by atoms with Gasteiger partial charge in [-0.15, -0.1) is 0 Å². The minimum Gasteiger partial charge on any atom is -0.415 e. The molecule has 0 amide bonds. The SMILES string of the molecule is C[Si](C)(C)OC[C@H]1OC(O)(c2ccc(Cl)c(Cc3ccc(C4COC5(CCCC5)C4)cc3)c2)[C@H](O[Si](C)(C)C)[C@@H](O[Si](C)(C)C)[C@@H]1O[Si](C)(C)C. The van der Waals surface area contributed by atoms with Crippen LogP contribution in [0.5, 0.6) is 0 Å². The van der Waals surface area contributed by atoms with Crippen LogP contribution in [0.25, 0.3) is 0 Å². The topological polar surface area (TPSA) is 75.6 Å². The maximum Gasteiger partial charge on any atom is 0.221 e. The molecule has 2 heterocycles. The Morgan fingerprint density at radius 3 is 1.92 bits per heavy atom. The highest BCUT2D eigenvalue weighted by atomic mass is 35.5. The number of halogens is 1. The quantitative estimate of drug-likeness (QED) is 0.203. The molecule has 5 rings (SSSR count). The highest BCUT2D eigenvalue weighted by Gasteiger charge is 2.59. The minimum atomic E-state index is -2.26. The van der Waals surface area contributed by atoms with Crippen molar-refractivity contribution in [2.45, 2.75) is 159 Å². The van der Waals surface area contributed by atoms with Crippen LogP contribution in [-0.4, -0.2) is 81.6 Å². The molecule has 1 aliphatic carbocycles. The zero-order chi connectivity index (χ0) is 37.6. The first-order valence-electron chi connectivity index (χ1n) is 19.0. The monoisotopic (exact) mass is 792 g/mol. The fourth-order valence-electron chi connectivity index (χ4n) is 7.77. The van der Waals surface area contributed by atoms with Crippen LogP contribution in [0.1, 0.15) is 60.3 Å². The number of rotatable bonds is 13. The van der Waals surface area contributed by atoms with Gasteiger partial charge in [-0.3, -0.25) is 0 Å². The van der Waals surface area contributed by atoms with Crippen LogP contribution < -0.4 is 0 Å². The van der Waals surface area contributed by atoms with Crippen molar-refractivity contribution in [3.8, 4) is 0 Å². The average molecular weight is 794 g/mol. The molecule has 12 heteroatoms. The molecule has 7 nitrogen and oxygen atoms in total. The van der Waals surface area contributed by atoms with E-state index in [1.54, 1.807) is 0 Å². The Morgan fingerprint density at radius 1 is 0.765 bits per heavy atom. The summed E-state index contributed by atoms with van der Waals surface area (Å²) in [5.74, 6) is -1.39. The fraction of sp³-hybridized carbons (Fsp3) is 0.692.